The van der Waals surface area contributed by atoms with Crippen LogP contribution in [0.15, 0.2) is 0 Å². The number of morpholine rings is 1. The van der Waals surface area contributed by atoms with Crippen molar-refractivity contribution in [2.45, 2.75) is 52.6 Å². The van der Waals surface area contributed by atoms with Gasteiger partial charge >= 0.3 is 0 Å². The maximum absolute atomic E-state index is 12.3. The van der Waals surface area contributed by atoms with E-state index in [9.17, 15) is 4.39 Å². The zero-order chi connectivity index (χ0) is 12.7. The van der Waals surface area contributed by atoms with E-state index in [0.29, 0.717) is 18.1 Å². The number of hydrogen-bond donors (Lipinski definition) is 0. The summed E-state index contributed by atoms with van der Waals surface area (Å²) in [5.41, 5.74) is 0.438. The molecule has 0 radical (unpaired) electrons. The van der Waals surface area contributed by atoms with E-state index in [1.165, 1.54) is 19.3 Å². The van der Waals surface area contributed by atoms with Crippen molar-refractivity contribution in [2.24, 2.45) is 5.41 Å². The zero-order valence-electron chi connectivity index (χ0n) is 11.7. The number of rotatable bonds is 6. The van der Waals surface area contributed by atoms with Crippen molar-refractivity contribution in [2.75, 3.05) is 32.9 Å². The Bertz CT molecular complexity index is 201. The fourth-order valence-electron chi connectivity index (χ4n) is 2.31. The van der Waals surface area contributed by atoms with Gasteiger partial charge in [-0.25, -0.2) is 4.39 Å². The number of alkyl halides is 1. The molecule has 0 aromatic heterocycles. The van der Waals surface area contributed by atoms with E-state index in [1.807, 2.05) is 0 Å². The molecule has 0 aromatic rings. The third-order valence-corrected chi connectivity index (χ3v) is 3.33. The van der Waals surface area contributed by atoms with Gasteiger partial charge in [-0.05, 0) is 18.3 Å². The van der Waals surface area contributed by atoms with Gasteiger partial charge in [0.25, 0.3) is 0 Å². The zero-order valence-corrected chi connectivity index (χ0v) is 11.7. The van der Waals surface area contributed by atoms with Gasteiger partial charge in [0.2, 0.25) is 0 Å². The standard InChI is InChI=1S/C14H28FNO/c1-14(2,3)7-5-4-6-13-12-16(9-8-15)10-11-17-13/h13H,4-12H2,1-3H3/t13-/m1/s1. The van der Waals surface area contributed by atoms with E-state index in [1.54, 1.807) is 0 Å². The normalized spacial score (nSPS) is 22.9. The molecule has 1 aliphatic rings. The van der Waals surface area contributed by atoms with Crippen LogP contribution >= 0.6 is 0 Å². The molecular weight excluding hydrogens is 217 g/mol. The van der Waals surface area contributed by atoms with Crippen LogP contribution < -0.4 is 0 Å². The third kappa shape index (κ3) is 6.99. The highest BCUT2D eigenvalue weighted by Crippen LogP contribution is 2.23. The maximum Gasteiger partial charge on any atom is 0.102 e. The molecule has 2 nitrogen and oxygen atoms in total. The smallest absolute Gasteiger partial charge is 0.102 e. The second-order valence-electron chi connectivity index (χ2n) is 6.29. The molecule has 0 saturated carbocycles. The summed E-state index contributed by atoms with van der Waals surface area (Å²) in [5, 5.41) is 0. The van der Waals surface area contributed by atoms with Crippen molar-refractivity contribution in [3.05, 3.63) is 0 Å². The summed E-state index contributed by atoms with van der Waals surface area (Å²) in [7, 11) is 0. The molecule has 0 unspecified atom stereocenters. The Hall–Kier alpha value is -0.150. The number of unbranched alkanes of at least 4 members (excludes halogenated alkanes) is 1. The van der Waals surface area contributed by atoms with Gasteiger partial charge in [0.15, 0.2) is 0 Å². The molecular formula is C14H28FNO. The molecule has 0 amide bonds. The van der Waals surface area contributed by atoms with Crippen molar-refractivity contribution in [3.8, 4) is 0 Å². The number of hydrogen-bond acceptors (Lipinski definition) is 2. The largest absolute Gasteiger partial charge is 0.376 e. The van der Waals surface area contributed by atoms with Gasteiger partial charge in [-0.3, -0.25) is 4.90 Å². The Morgan fingerprint density at radius 1 is 1.29 bits per heavy atom. The Morgan fingerprint density at radius 2 is 2.06 bits per heavy atom. The highest BCUT2D eigenvalue weighted by atomic mass is 19.1. The molecule has 1 atom stereocenters. The van der Waals surface area contributed by atoms with Gasteiger partial charge in [-0.2, -0.15) is 0 Å². The van der Waals surface area contributed by atoms with Crippen LogP contribution in [0.3, 0.4) is 0 Å². The van der Waals surface area contributed by atoms with E-state index < -0.39 is 0 Å². The van der Waals surface area contributed by atoms with Gasteiger partial charge in [0.1, 0.15) is 6.67 Å². The predicted molar refractivity (Wildman–Crippen MR) is 70.1 cm³/mol. The first-order valence-corrected chi connectivity index (χ1v) is 6.91. The Balaban J connectivity index is 2.10. The summed E-state index contributed by atoms with van der Waals surface area (Å²) in [5.74, 6) is 0. The second-order valence-corrected chi connectivity index (χ2v) is 6.29. The van der Waals surface area contributed by atoms with E-state index in [0.717, 1.165) is 26.1 Å². The molecule has 3 heteroatoms. The van der Waals surface area contributed by atoms with E-state index in [-0.39, 0.29) is 6.67 Å². The highest BCUT2D eigenvalue weighted by Gasteiger charge is 2.19. The van der Waals surface area contributed by atoms with Gasteiger partial charge in [0, 0.05) is 19.6 Å². The minimum absolute atomic E-state index is 0.239. The Morgan fingerprint density at radius 3 is 2.71 bits per heavy atom. The molecule has 1 aliphatic heterocycles. The van der Waals surface area contributed by atoms with E-state index >= 15 is 0 Å². The van der Waals surface area contributed by atoms with Crippen molar-refractivity contribution >= 4 is 0 Å². The molecule has 1 fully saturated rings. The lowest BCUT2D eigenvalue weighted by atomic mass is 9.89. The van der Waals surface area contributed by atoms with E-state index in [4.69, 9.17) is 4.74 Å². The molecule has 1 heterocycles. The third-order valence-electron chi connectivity index (χ3n) is 3.33. The summed E-state index contributed by atoms with van der Waals surface area (Å²) in [6, 6.07) is 0. The minimum atomic E-state index is -0.239. The molecule has 0 aromatic carbocycles. The molecule has 102 valence electrons. The summed E-state index contributed by atoms with van der Waals surface area (Å²) in [6.45, 7) is 9.76. The number of ether oxygens (including phenoxy) is 1. The lowest BCUT2D eigenvalue weighted by Crippen LogP contribution is -2.43. The monoisotopic (exact) mass is 245 g/mol. The Labute approximate surface area is 106 Å². The first kappa shape index (κ1) is 14.9. The van der Waals surface area contributed by atoms with Gasteiger partial charge in [-0.15, -0.1) is 0 Å². The van der Waals surface area contributed by atoms with E-state index in [2.05, 4.69) is 25.7 Å². The van der Waals surface area contributed by atoms with Crippen LogP contribution in [0.4, 0.5) is 4.39 Å². The van der Waals surface area contributed by atoms with Crippen LogP contribution in [-0.4, -0.2) is 43.9 Å². The maximum atomic E-state index is 12.3. The molecule has 1 saturated heterocycles. The van der Waals surface area contributed by atoms with Crippen LogP contribution in [0.25, 0.3) is 0 Å². The Kier molecular flexibility index (Phi) is 6.42. The van der Waals surface area contributed by atoms with Crippen molar-refractivity contribution < 1.29 is 9.13 Å². The minimum Gasteiger partial charge on any atom is -0.376 e. The summed E-state index contributed by atoms with van der Waals surface area (Å²) < 4.78 is 18.0. The van der Waals surface area contributed by atoms with Gasteiger partial charge < -0.3 is 4.74 Å². The second kappa shape index (κ2) is 7.32. The fourth-order valence-corrected chi connectivity index (χ4v) is 2.31. The quantitative estimate of drug-likeness (QED) is 0.666. The average molecular weight is 245 g/mol. The average Bonchev–Trinajstić information content (AvgIpc) is 2.24. The molecule has 0 spiro atoms. The topological polar surface area (TPSA) is 12.5 Å². The highest BCUT2D eigenvalue weighted by molar-refractivity contribution is 4.72. The summed E-state index contributed by atoms with van der Waals surface area (Å²) in [6.07, 6.45) is 5.22. The molecule has 0 aliphatic carbocycles. The lowest BCUT2D eigenvalue weighted by Gasteiger charge is -2.32. The first-order chi connectivity index (χ1) is 8.01. The molecule has 0 bridgehead atoms. The number of nitrogens with zero attached hydrogens (tertiary/aromatic N) is 1. The number of halogens is 1. The van der Waals surface area contributed by atoms with Crippen LogP contribution in [-0.2, 0) is 4.74 Å². The van der Waals surface area contributed by atoms with Crippen molar-refractivity contribution in [1.29, 1.82) is 0 Å². The fraction of sp³-hybridized carbons (Fsp3) is 1.00. The predicted octanol–water partition coefficient (Wildman–Crippen LogP) is 3.26. The SMILES string of the molecule is CC(C)(C)CCCC[C@@H]1CN(CCF)CCO1. The van der Waals surface area contributed by atoms with Gasteiger partial charge in [0.05, 0.1) is 12.7 Å². The van der Waals surface area contributed by atoms with Crippen LogP contribution in [0.5, 0.6) is 0 Å². The van der Waals surface area contributed by atoms with Crippen LogP contribution in [0.2, 0.25) is 0 Å². The van der Waals surface area contributed by atoms with Crippen LogP contribution in [0.1, 0.15) is 46.5 Å². The summed E-state index contributed by atoms with van der Waals surface area (Å²) in [4.78, 5) is 2.18. The van der Waals surface area contributed by atoms with Crippen molar-refractivity contribution in [1.82, 2.24) is 4.90 Å². The van der Waals surface area contributed by atoms with Crippen molar-refractivity contribution in [3.63, 3.8) is 0 Å². The summed E-state index contributed by atoms with van der Waals surface area (Å²) >= 11 is 0. The molecule has 17 heavy (non-hydrogen) atoms. The lowest BCUT2D eigenvalue weighted by molar-refractivity contribution is -0.0343. The first-order valence-electron chi connectivity index (χ1n) is 6.91. The van der Waals surface area contributed by atoms with Gasteiger partial charge in [-0.1, -0.05) is 33.6 Å². The van der Waals surface area contributed by atoms with Crippen LogP contribution in [0, 0.1) is 5.41 Å². The molecule has 1 rings (SSSR count). The molecule has 0 N–H and O–H groups in total.